The molecule has 1 fully saturated rings. The van der Waals surface area contributed by atoms with Gasteiger partial charge in [-0.05, 0) is 26.3 Å². The van der Waals surface area contributed by atoms with Crippen molar-refractivity contribution in [3.8, 4) is 0 Å². The van der Waals surface area contributed by atoms with Gasteiger partial charge < -0.3 is 20.1 Å². The van der Waals surface area contributed by atoms with Crippen molar-refractivity contribution in [2.75, 3.05) is 32.8 Å². The summed E-state index contributed by atoms with van der Waals surface area (Å²) in [6, 6.07) is -0.431. The minimum absolute atomic E-state index is 0.250. The molecular weight excluding hydrogens is 220 g/mol. The van der Waals surface area contributed by atoms with Crippen LogP contribution in [-0.4, -0.2) is 60.9 Å². The molecule has 1 rings (SSSR count). The zero-order valence-electron chi connectivity index (χ0n) is 10.8. The van der Waals surface area contributed by atoms with Crippen molar-refractivity contribution in [3.05, 3.63) is 0 Å². The van der Waals surface area contributed by atoms with Crippen LogP contribution in [0, 0.1) is 0 Å². The van der Waals surface area contributed by atoms with Crippen molar-refractivity contribution >= 4 is 5.97 Å². The van der Waals surface area contributed by atoms with Crippen LogP contribution in [0.3, 0.4) is 0 Å². The average Bonchev–Trinajstić information content (AvgIpc) is 2.48. The van der Waals surface area contributed by atoms with E-state index in [-0.39, 0.29) is 6.10 Å². The van der Waals surface area contributed by atoms with E-state index < -0.39 is 12.0 Å². The summed E-state index contributed by atoms with van der Waals surface area (Å²) >= 11 is 0. The predicted octanol–water partition coefficient (Wildman–Crippen LogP) is 0.550. The molecule has 0 aromatic heterocycles. The molecule has 0 spiro atoms. The van der Waals surface area contributed by atoms with Gasteiger partial charge in [0.25, 0.3) is 0 Å². The van der Waals surface area contributed by atoms with E-state index in [2.05, 4.69) is 17.1 Å². The van der Waals surface area contributed by atoms with E-state index in [1.165, 1.54) is 0 Å². The summed E-state index contributed by atoms with van der Waals surface area (Å²) in [4.78, 5) is 13.3. The van der Waals surface area contributed by atoms with Gasteiger partial charge in [-0.1, -0.05) is 6.92 Å². The van der Waals surface area contributed by atoms with Gasteiger partial charge in [0.15, 0.2) is 0 Å². The molecule has 0 aromatic carbocycles. The van der Waals surface area contributed by atoms with E-state index in [0.717, 1.165) is 32.7 Å². The van der Waals surface area contributed by atoms with E-state index in [1.54, 1.807) is 0 Å². The monoisotopic (exact) mass is 244 g/mol. The van der Waals surface area contributed by atoms with Gasteiger partial charge in [0.1, 0.15) is 6.04 Å². The summed E-state index contributed by atoms with van der Waals surface area (Å²) in [5.74, 6) is -0.758. The van der Waals surface area contributed by atoms with Crippen molar-refractivity contribution in [1.82, 2.24) is 10.2 Å². The highest BCUT2D eigenvalue weighted by Crippen LogP contribution is 2.07. The fourth-order valence-electron chi connectivity index (χ4n) is 2.15. The topological polar surface area (TPSA) is 61.8 Å². The number of carboxylic acid groups (broad SMARTS) is 1. The Balaban J connectivity index is 2.33. The summed E-state index contributed by atoms with van der Waals surface area (Å²) in [5.41, 5.74) is 0. The Bertz CT molecular complexity index is 236. The van der Waals surface area contributed by atoms with E-state index in [1.807, 2.05) is 6.92 Å². The maximum atomic E-state index is 11.0. The molecule has 5 nitrogen and oxygen atoms in total. The Kier molecular flexibility index (Phi) is 6.47. The van der Waals surface area contributed by atoms with Gasteiger partial charge in [0.2, 0.25) is 0 Å². The maximum absolute atomic E-state index is 11.0. The number of carbonyl (C=O) groups is 1. The minimum atomic E-state index is -0.758. The molecule has 2 N–H and O–H groups in total. The predicted molar refractivity (Wildman–Crippen MR) is 66.2 cm³/mol. The molecule has 1 heterocycles. The number of aliphatic carboxylic acids is 1. The summed E-state index contributed by atoms with van der Waals surface area (Å²) in [6.07, 6.45) is 1.93. The molecule has 0 saturated carbocycles. The van der Waals surface area contributed by atoms with Crippen LogP contribution in [-0.2, 0) is 9.53 Å². The fraction of sp³-hybridized carbons (Fsp3) is 0.917. The number of hydrogen-bond acceptors (Lipinski definition) is 4. The summed E-state index contributed by atoms with van der Waals surface area (Å²) in [6.45, 7) is 8.22. The Labute approximate surface area is 103 Å². The van der Waals surface area contributed by atoms with Crippen LogP contribution in [0.15, 0.2) is 0 Å². The lowest BCUT2D eigenvalue weighted by atomic mass is 10.2. The summed E-state index contributed by atoms with van der Waals surface area (Å²) in [5, 5.41) is 12.0. The average molecular weight is 244 g/mol. The van der Waals surface area contributed by atoms with Crippen LogP contribution in [0.5, 0.6) is 0 Å². The molecule has 0 amide bonds. The van der Waals surface area contributed by atoms with Crippen molar-refractivity contribution in [1.29, 1.82) is 0 Å². The SMILES string of the molecule is CCNC(CCN1CCCOC(C)C1)C(=O)O. The largest absolute Gasteiger partial charge is 0.480 e. The second kappa shape index (κ2) is 7.63. The fourth-order valence-corrected chi connectivity index (χ4v) is 2.15. The van der Waals surface area contributed by atoms with Crippen LogP contribution in [0.25, 0.3) is 0 Å². The smallest absolute Gasteiger partial charge is 0.320 e. The molecule has 1 aliphatic rings. The molecule has 2 unspecified atom stereocenters. The highest BCUT2D eigenvalue weighted by atomic mass is 16.5. The third-order valence-corrected chi connectivity index (χ3v) is 3.02. The van der Waals surface area contributed by atoms with E-state index in [4.69, 9.17) is 9.84 Å². The zero-order chi connectivity index (χ0) is 12.7. The van der Waals surface area contributed by atoms with Gasteiger partial charge >= 0.3 is 5.97 Å². The second-order valence-corrected chi connectivity index (χ2v) is 4.57. The standard InChI is InChI=1S/C12H24N2O3/c1-3-13-11(12(15)16)5-7-14-6-4-8-17-10(2)9-14/h10-11,13H,3-9H2,1-2H3,(H,15,16). The van der Waals surface area contributed by atoms with Crippen LogP contribution in [0.2, 0.25) is 0 Å². The molecule has 0 aromatic rings. The quantitative estimate of drug-likeness (QED) is 0.714. The van der Waals surface area contributed by atoms with Gasteiger partial charge in [-0.15, -0.1) is 0 Å². The molecule has 2 atom stereocenters. The molecule has 1 aliphatic heterocycles. The molecule has 100 valence electrons. The summed E-state index contributed by atoms with van der Waals surface area (Å²) < 4.78 is 5.56. The van der Waals surface area contributed by atoms with Crippen LogP contribution < -0.4 is 5.32 Å². The van der Waals surface area contributed by atoms with E-state index in [0.29, 0.717) is 13.0 Å². The van der Waals surface area contributed by atoms with Crippen molar-refractivity contribution in [2.24, 2.45) is 0 Å². The number of nitrogens with zero attached hydrogens (tertiary/aromatic N) is 1. The van der Waals surface area contributed by atoms with Crippen LogP contribution >= 0.6 is 0 Å². The minimum Gasteiger partial charge on any atom is -0.480 e. The highest BCUT2D eigenvalue weighted by molar-refractivity contribution is 5.73. The normalized spacial score (nSPS) is 24.2. The molecule has 0 radical (unpaired) electrons. The molecular formula is C12H24N2O3. The number of hydrogen-bond donors (Lipinski definition) is 2. The van der Waals surface area contributed by atoms with Gasteiger partial charge in [-0.3, -0.25) is 4.79 Å². The van der Waals surface area contributed by atoms with Crippen molar-refractivity contribution in [2.45, 2.75) is 38.8 Å². The van der Waals surface area contributed by atoms with Crippen LogP contribution in [0.4, 0.5) is 0 Å². The molecule has 0 bridgehead atoms. The van der Waals surface area contributed by atoms with Gasteiger partial charge in [-0.2, -0.15) is 0 Å². The summed E-state index contributed by atoms with van der Waals surface area (Å²) in [7, 11) is 0. The third kappa shape index (κ3) is 5.48. The second-order valence-electron chi connectivity index (χ2n) is 4.57. The zero-order valence-corrected chi connectivity index (χ0v) is 10.8. The molecule has 1 saturated heterocycles. The van der Waals surface area contributed by atoms with Gasteiger partial charge in [-0.25, -0.2) is 0 Å². The Morgan fingerprint density at radius 3 is 3.06 bits per heavy atom. The maximum Gasteiger partial charge on any atom is 0.320 e. The lowest BCUT2D eigenvalue weighted by molar-refractivity contribution is -0.139. The van der Waals surface area contributed by atoms with E-state index in [9.17, 15) is 4.79 Å². The lowest BCUT2D eigenvalue weighted by Crippen LogP contribution is -2.41. The van der Waals surface area contributed by atoms with Crippen molar-refractivity contribution < 1.29 is 14.6 Å². The number of likely N-dealkylation sites (N-methyl/N-ethyl adjacent to an activating group) is 1. The first-order valence-corrected chi connectivity index (χ1v) is 6.43. The first-order chi connectivity index (χ1) is 8.13. The molecule has 17 heavy (non-hydrogen) atoms. The number of nitrogens with one attached hydrogen (secondary N) is 1. The Hall–Kier alpha value is -0.650. The first kappa shape index (κ1) is 14.4. The molecule has 5 heteroatoms. The first-order valence-electron chi connectivity index (χ1n) is 6.43. The van der Waals surface area contributed by atoms with Gasteiger partial charge in [0.05, 0.1) is 6.10 Å². The third-order valence-electron chi connectivity index (χ3n) is 3.02. The number of rotatable bonds is 6. The lowest BCUT2D eigenvalue weighted by Gasteiger charge is -2.23. The van der Waals surface area contributed by atoms with Gasteiger partial charge in [0, 0.05) is 26.2 Å². The Morgan fingerprint density at radius 2 is 2.41 bits per heavy atom. The number of ether oxygens (including phenoxy) is 1. The van der Waals surface area contributed by atoms with Crippen LogP contribution in [0.1, 0.15) is 26.7 Å². The highest BCUT2D eigenvalue weighted by Gasteiger charge is 2.19. The van der Waals surface area contributed by atoms with Crippen molar-refractivity contribution in [3.63, 3.8) is 0 Å². The molecule has 0 aliphatic carbocycles. The number of carboxylic acids is 1. The van der Waals surface area contributed by atoms with E-state index >= 15 is 0 Å². The Morgan fingerprint density at radius 1 is 1.65 bits per heavy atom.